The molecule has 1 heterocycles. The number of hydrogen-bond acceptors (Lipinski definition) is 2. The van der Waals surface area contributed by atoms with Crippen molar-refractivity contribution in [2.24, 2.45) is 0 Å². The molecule has 0 aromatic heterocycles. The summed E-state index contributed by atoms with van der Waals surface area (Å²) in [5, 5.41) is 0.555. The zero-order chi connectivity index (χ0) is 11.8. The number of ketones is 1. The fourth-order valence-corrected chi connectivity index (χ4v) is 2.43. The molecule has 3 heteroatoms. The van der Waals surface area contributed by atoms with Gasteiger partial charge in [0.25, 0.3) is 0 Å². The molecule has 1 aliphatic carbocycles. The molecule has 86 valence electrons. The molecule has 2 nitrogen and oxygen atoms in total. The van der Waals surface area contributed by atoms with Crippen LogP contribution in [0.15, 0.2) is 46.7 Å². The Balaban J connectivity index is 2.06. The van der Waals surface area contributed by atoms with Crippen LogP contribution in [0, 0.1) is 0 Å². The summed E-state index contributed by atoms with van der Waals surface area (Å²) < 4.78 is 5.67. The van der Waals surface area contributed by atoms with Gasteiger partial charge in [-0.25, -0.2) is 0 Å². The van der Waals surface area contributed by atoms with E-state index in [9.17, 15) is 4.79 Å². The predicted octanol–water partition coefficient (Wildman–Crippen LogP) is 3.11. The number of ether oxygens (including phenoxy) is 1. The van der Waals surface area contributed by atoms with Gasteiger partial charge in [0.15, 0.2) is 5.78 Å². The smallest absolute Gasteiger partial charge is 0.168 e. The van der Waals surface area contributed by atoms with Crippen LogP contribution >= 0.6 is 11.6 Å². The van der Waals surface area contributed by atoms with E-state index in [2.05, 4.69) is 0 Å². The minimum atomic E-state index is 0.0733. The van der Waals surface area contributed by atoms with Crippen LogP contribution in [0.4, 0.5) is 0 Å². The van der Waals surface area contributed by atoms with Crippen LogP contribution in [0.3, 0.4) is 0 Å². The lowest BCUT2D eigenvalue weighted by molar-refractivity contribution is -0.115. The van der Waals surface area contributed by atoms with E-state index in [0.29, 0.717) is 30.2 Å². The maximum atomic E-state index is 11.9. The van der Waals surface area contributed by atoms with E-state index >= 15 is 0 Å². The Morgan fingerprint density at radius 1 is 1.12 bits per heavy atom. The summed E-state index contributed by atoms with van der Waals surface area (Å²) in [6.45, 7) is 0.503. The van der Waals surface area contributed by atoms with E-state index in [-0.39, 0.29) is 5.78 Å². The molecule has 0 saturated heterocycles. The fraction of sp³-hybridized carbons (Fsp3) is 0.214. The molecule has 1 aromatic rings. The summed E-state index contributed by atoms with van der Waals surface area (Å²) in [5.41, 5.74) is 3.05. The van der Waals surface area contributed by atoms with E-state index < -0.39 is 0 Å². The van der Waals surface area contributed by atoms with Crippen molar-refractivity contribution in [1.29, 1.82) is 0 Å². The standard InChI is InChI=1S/C14H11ClO2/c15-11-6-13(16)12-5-9-3-1-2-4-10(9)8-17-14(12)7-11/h1-4,7H,5-6,8H2. The van der Waals surface area contributed by atoms with Crippen molar-refractivity contribution in [3.63, 3.8) is 0 Å². The molecule has 0 amide bonds. The van der Waals surface area contributed by atoms with Crippen LogP contribution in [-0.2, 0) is 22.6 Å². The fourth-order valence-electron chi connectivity index (χ4n) is 2.21. The topological polar surface area (TPSA) is 26.3 Å². The van der Waals surface area contributed by atoms with Gasteiger partial charge in [0, 0.05) is 23.4 Å². The zero-order valence-corrected chi connectivity index (χ0v) is 9.96. The quantitative estimate of drug-likeness (QED) is 0.703. The second-order valence-corrected chi connectivity index (χ2v) is 4.75. The first kappa shape index (κ1) is 10.6. The highest BCUT2D eigenvalue weighted by Gasteiger charge is 2.25. The Labute approximate surface area is 105 Å². The molecule has 0 fully saturated rings. The van der Waals surface area contributed by atoms with E-state index in [1.165, 1.54) is 0 Å². The number of rotatable bonds is 0. The van der Waals surface area contributed by atoms with Crippen molar-refractivity contribution in [3.05, 3.63) is 57.8 Å². The Bertz CT molecular complexity index is 555. The van der Waals surface area contributed by atoms with E-state index in [1.807, 2.05) is 24.3 Å². The van der Waals surface area contributed by atoms with Gasteiger partial charge in [0.05, 0.1) is 0 Å². The second kappa shape index (κ2) is 4.04. The third-order valence-corrected chi connectivity index (χ3v) is 3.36. The normalized spacial score (nSPS) is 18.9. The Hall–Kier alpha value is -1.54. The Morgan fingerprint density at radius 3 is 2.71 bits per heavy atom. The molecule has 1 aromatic carbocycles. The summed E-state index contributed by atoms with van der Waals surface area (Å²) in [6, 6.07) is 8.04. The van der Waals surface area contributed by atoms with Crippen LogP contribution in [0.2, 0.25) is 0 Å². The van der Waals surface area contributed by atoms with Crippen molar-refractivity contribution >= 4 is 17.4 Å². The molecule has 3 rings (SSSR count). The van der Waals surface area contributed by atoms with Gasteiger partial charge in [-0.1, -0.05) is 35.9 Å². The molecule has 0 unspecified atom stereocenters. The largest absolute Gasteiger partial charge is 0.488 e. The summed E-state index contributed by atoms with van der Waals surface area (Å²) in [4.78, 5) is 11.9. The number of benzene rings is 1. The van der Waals surface area contributed by atoms with Crippen molar-refractivity contribution in [3.8, 4) is 0 Å². The van der Waals surface area contributed by atoms with Crippen molar-refractivity contribution in [2.45, 2.75) is 19.4 Å². The van der Waals surface area contributed by atoms with Crippen LogP contribution in [0.1, 0.15) is 17.5 Å². The molecule has 2 aliphatic rings. The molecule has 0 N–H and O–H groups in total. The maximum Gasteiger partial charge on any atom is 0.168 e. The summed E-state index contributed by atoms with van der Waals surface area (Å²) in [7, 11) is 0. The number of hydrogen-bond donors (Lipinski definition) is 0. The molecule has 0 saturated carbocycles. The summed E-state index contributed by atoms with van der Waals surface area (Å²) in [5.74, 6) is 0.714. The minimum absolute atomic E-state index is 0.0733. The van der Waals surface area contributed by atoms with Gasteiger partial charge in [-0.15, -0.1) is 0 Å². The molecule has 0 bridgehead atoms. The van der Waals surface area contributed by atoms with Crippen LogP contribution in [0.5, 0.6) is 0 Å². The first-order valence-corrected chi connectivity index (χ1v) is 5.94. The highest BCUT2D eigenvalue weighted by Crippen LogP contribution is 2.31. The third kappa shape index (κ3) is 1.89. The van der Waals surface area contributed by atoms with Gasteiger partial charge in [0.1, 0.15) is 12.4 Å². The van der Waals surface area contributed by atoms with Crippen molar-refractivity contribution in [1.82, 2.24) is 0 Å². The number of allylic oxidation sites excluding steroid dienone is 3. The van der Waals surface area contributed by atoms with Gasteiger partial charge in [0.2, 0.25) is 0 Å². The number of carbonyl (C=O) groups excluding carboxylic acids is 1. The van der Waals surface area contributed by atoms with E-state index in [0.717, 1.165) is 16.7 Å². The van der Waals surface area contributed by atoms with Gasteiger partial charge in [-0.3, -0.25) is 4.79 Å². The monoisotopic (exact) mass is 246 g/mol. The highest BCUT2D eigenvalue weighted by molar-refractivity contribution is 6.32. The van der Waals surface area contributed by atoms with Crippen LogP contribution in [-0.4, -0.2) is 5.78 Å². The maximum absolute atomic E-state index is 11.9. The average molecular weight is 247 g/mol. The van der Waals surface area contributed by atoms with Gasteiger partial charge < -0.3 is 4.74 Å². The van der Waals surface area contributed by atoms with E-state index in [1.54, 1.807) is 6.08 Å². The molecular formula is C14H11ClO2. The third-order valence-electron chi connectivity index (χ3n) is 3.12. The van der Waals surface area contributed by atoms with Crippen LogP contribution in [0.25, 0.3) is 0 Å². The number of carbonyl (C=O) groups is 1. The number of Topliss-reactive ketones (excluding diaryl/α,β-unsaturated/α-hetero) is 1. The minimum Gasteiger partial charge on any atom is -0.488 e. The Morgan fingerprint density at radius 2 is 1.88 bits per heavy atom. The van der Waals surface area contributed by atoms with E-state index in [4.69, 9.17) is 16.3 Å². The first-order chi connectivity index (χ1) is 8.24. The lowest BCUT2D eigenvalue weighted by atomic mass is 9.94. The second-order valence-electron chi connectivity index (χ2n) is 4.27. The molecule has 0 radical (unpaired) electrons. The van der Waals surface area contributed by atoms with Gasteiger partial charge in [-0.2, -0.15) is 0 Å². The molecule has 0 atom stereocenters. The summed E-state index contributed by atoms with van der Waals surface area (Å²) in [6.07, 6.45) is 2.71. The predicted molar refractivity (Wildman–Crippen MR) is 65.5 cm³/mol. The lowest BCUT2D eigenvalue weighted by Gasteiger charge is -2.14. The average Bonchev–Trinajstić information content (AvgIpc) is 2.49. The number of halogens is 1. The molecule has 17 heavy (non-hydrogen) atoms. The van der Waals surface area contributed by atoms with Gasteiger partial charge >= 0.3 is 0 Å². The molecule has 0 spiro atoms. The SMILES string of the molecule is O=C1CC(Cl)=CC2=C1Cc1ccccc1CO2. The summed E-state index contributed by atoms with van der Waals surface area (Å²) >= 11 is 5.92. The zero-order valence-electron chi connectivity index (χ0n) is 9.20. The lowest BCUT2D eigenvalue weighted by Crippen LogP contribution is -2.12. The highest BCUT2D eigenvalue weighted by atomic mass is 35.5. The molecular weight excluding hydrogens is 236 g/mol. The Kier molecular flexibility index (Phi) is 2.52. The number of fused-ring (bicyclic) bond motifs is 1. The van der Waals surface area contributed by atoms with Crippen molar-refractivity contribution < 1.29 is 9.53 Å². The van der Waals surface area contributed by atoms with Gasteiger partial charge in [-0.05, 0) is 17.2 Å². The van der Waals surface area contributed by atoms with Crippen LogP contribution < -0.4 is 0 Å². The van der Waals surface area contributed by atoms with Crippen molar-refractivity contribution in [2.75, 3.05) is 0 Å². The molecule has 1 aliphatic heterocycles. The first-order valence-electron chi connectivity index (χ1n) is 5.56.